The molecular weight excluding hydrogens is 217 g/mol. The van der Waals surface area contributed by atoms with Gasteiger partial charge in [0.25, 0.3) is 0 Å². The second-order valence-electron chi connectivity index (χ2n) is 2.70. The highest BCUT2D eigenvalue weighted by Crippen LogP contribution is 2.32. The van der Waals surface area contributed by atoms with Gasteiger partial charge in [0.05, 0.1) is 5.56 Å². The first-order valence-electron chi connectivity index (χ1n) is 3.87. The summed E-state index contributed by atoms with van der Waals surface area (Å²) in [6.45, 7) is 0.145. The Kier molecular flexibility index (Phi) is 3.34. The van der Waals surface area contributed by atoms with Crippen molar-refractivity contribution in [1.82, 2.24) is 4.98 Å². The Morgan fingerprint density at radius 3 is 2.57 bits per heavy atom. The summed E-state index contributed by atoms with van der Waals surface area (Å²) >= 11 is 5.38. The van der Waals surface area contributed by atoms with E-state index in [9.17, 15) is 13.2 Å². The normalized spacial score (nSPS) is 11.8. The van der Waals surface area contributed by atoms with Crippen LogP contribution in [-0.2, 0) is 12.6 Å². The van der Waals surface area contributed by atoms with Gasteiger partial charge >= 0.3 is 6.18 Å². The maximum atomic E-state index is 12.4. The quantitative estimate of drug-likeness (QED) is 0.783. The van der Waals surface area contributed by atoms with Crippen LogP contribution in [0.5, 0.6) is 0 Å². The molecule has 0 radical (unpaired) electrons. The van der Waals surface area contributed by atoms with Crippen LogP contribution in [0, 0.1) is 0 Å². The Hall–Kier alpha value is -0.810. The zero-order valence-electron chi connectivity index (χ0n) is 7.11. The first kappa shape index (κ1) is 11.3. The van der Waals surface area contributed by atoms with Crippen LogP contribution >= 0.6 is 11.6 Å². The van der Waals surface area contributed by atoms with Gasteiger partial charge in [0.15, 0.2) is 0 Å². The number of halogens is 4. The van der Waals surface area contributed by atoms with Gasteiger partial charge in [-0.1, -0.05) is 11.6 Å². The standard InChI is InChI=1S/C8H8ClF3N2/c9-7-3-6(8(10,11)12)5(1-2-13)4-14-7/h3-4H,1-2,13H2. The summed E-state index contributed by atoms with van der Waals surface area (Å²) < 4.78 is 37.3. The summed E-state index contributed by atoms with van der Waals surface area (Å²) in [7, 11) is 0. The molecule has 0 aliphatic carbocycles. The average molecular weight is 225 g/mol. The number of nitrogens with two attached hydrogens (primary N) is 1. The van der Waals surface area contributed by atoms with Gasteiger partial charge in [-0.15, -0.1) is 0 Å². The van der Waals surface area contributed by atoms with E-state index in [1.54, 1.807) is 0 Å². The molecule has 0 atom stereocenters. The van der Waals surface area contributed by atoms with Crippen molar-refractivity contribution in [1.29, 1.82) is 0 Å². The lowest BCUT2D eigenvalue weighted by Crippen LogP contribution is -2.13. The first-order valence-corrected chi connectivity index (χ1v) is 4.24. The molecule has 1 aromatic rings. The predicted octanol–water partition coefficient (Wildman–Crippen LogP) is 2.25. The minimum absolute atomic E-state index is 0.0735. The fraction of sp³-hybridized carbons (Fsp3) is 0.375. The van der Waals surface area contributed by atoms with Gasteiger partial charge in [-0.3, -0.25) is 0 Å². The molecule has 78 valence electrons. The molecule has 0 aliphatic heterocycles. The van der Waals surface area contributed by atoms with Crippen molar-refractivity contribution in [2.45, 2.75) is 12.6 Å². The summed E-state index contributed by atoms with van der Waals surface area (Å²) in [5.74, 6) is 0. The molecule has 1 rings (SSSR count). The lowest BCUT2D eigenvalue weighted by Gasteiger charge is -2.11. The smallest absolute Gasteiger partial charge is 0.330 e. The lowest BCUT2D eigenvalue weighted by molar-refractivity contribution is -0.138. The Morgan fingerprint density at radius 2 is 2.07 bits per heavy atom. The van der Waals surface area contributed by atoms with E-state index in [-0.39, 0.29) is 23.7 Å². The number of hydrogen-bond donors (Lipinski definition) is 1. The third-order valence-electron chi connectivity index (χ3n) is 1.67. The van der Waals surface area contributed by atoms with Gasteiger partial charge in [-0.25, -0.2) is 4.98 Å². The van der Waals surface area contributed by atoms with Gasteiger partial charge in [-0.05, 0) is 24.6 Å². The minimum Gasteiger partial charge on any atom is -0.330 e. The van der Waals surface area contributed by atoms with Crippen LogP contribution < -0.4 is 5.73 Å². The molecule has 0 amide bonds. The highest BCUT2D eigenvalue weighted by Gasteiger charge is 2.33. The Bertz CT molecular complexity index is 325. The lowest BCUT2D eigenvalue weighted by atomic mass is 10.1. The van der Waals surface area contributed by atoms with Crippen molar-refractivity contribution in [3.63, 3.8) is 0 Å². The molecule has 0 aromatic carbocycles. The number of hydrogen-bond acceptors (Lipinski definition) is 2. The molecule has 0 saturated carbocycles. The molecule has 1 aromatic heterocycles. The molecule has 1 heterocycles. The van der Waals surface area contributed by atoms with Gasteiger partial charge in [0.1, 0.15) is 5.15 Å². The summed E-state index contributed by atoms with van der Waals surface area (Å²) in [6, 6.07) is 0.812. The van der Waals surface area contributed by atoms with Crippen molar-refractivity contribution < 1.29 is 13.2 Å². The van der Waals surface area contributed by atoms with Crippen molar-refractivity contribution >= 4 is 11.6 Å². The maximum absolute atomic E-state index is 12.4. The van der Waals surface area contributed by atoms with E-state index < -0.39 is 11.7 Å². The van der Waals surface area contributed by atoms with E-state index in [0.29, 0.717) is 0 Å². The van der Waals surface area contributed by atoms with Crippen LogP contribution in [0.1, 0.15) is 11.1 Å². The zero-order valence-corrected chi connectivity index (χ0v) is 7.86. The summed E-state index contributed by atoms with van der Waals surface area (Å²) in [6.07, 6.45) is -3.16. The van der Waals surface area contributed by atoms with E-state index in [0.717, 1.165) is 12.3 Å². The molecule has 2 N–H and O–H groups in total. The second kappa shape index (κ2) is 4.14. The summed E-state index contributed by atoms with van der Waals surface area (Å²) in [5.41, 5.74) is 4.50. The van der Waals surface area contributed by atoms with E-state index in [1.165, 1.54) is 0 Å². The van der Waals surface area contributed by atoms with E-state index in [4.69, 9.17) is 17.3 Å². The molecule has 0 fully saturated rings. The first-order chi connectivity index (χ1) is 6.45. The number of pyridine rings is 1. The third-order valence-corrected chi connectivity index (χ3v) is 1.88. The molecule has 0 aliphatic rings. The van der Waals surface area contributed by atoms with E-state index >= 15 is 0 Å². The van der Waals surface area contributed by atoms with E-state index in [1.807, 2.05) is 0 Å². The fourth-order valence-corrected chi connectivity index (χ4v) is 1.23. The van der Waals surface area contributed by atoms with Crippen molar-refractivity contribution in [2.24, 2.45) is 5.73 Å². The van der Waals surface area contributed by atoms with Crippen LogP contribution in [0.2, 0.25) is 5.15 Å². The van der Waals surface area contributed by atoms with Crippen LogP contribution in [0.3, 0.4) is 0 Å². The Balaban J connectivity index is 3.16. The van der Waals surface area contributed by atoms with Crippen LogP contribution in [0.4, 0.5) is 13.2 Å². The summed E-state index contributed by atoms with van der Waals surface area (Å²) in [4.78, 5) is 3.58. The Morgan fingerprint density at radius 1 is 1.43 bits per heavy atom. The fourth-order valence-electron chi connectivity index (χ4n) is 1.08. The monoisotopic (exact) mass is 224 g/mol. The number of aromatic nitrogens is 1. The van der Waals surface area contributed by atoms with Crippen LogP contribution in [-0.4, -0.2) is 11.5 Å². The third kappa shape index (κ3) is 2.59. The van der Waals surface area contributed by atoms with Crippen LogP contribution in [0.15, 0.2) is 12.3 Å². The Labute approximate surface area is 83.9 Å². The molecular formula is C8H8ClF3N2. The van der Waals surface area contributed by atoms with Crippen molar-refractivity contribution in [3.8, 4) is 0 Å². The largest absolute Gasteiger partial charge is 0.416 e. The number of rotatable bonds is 2. The van der Waals surface area contributed by atoms with Gasteiger partial charge in [-0.2, -0.15) is 13.2 Å². The molecule has 0 bridgehead atoms. The average Bonchev–Trinajstić information content (AvgIpc) is 2.07. The molecule has 6 heteroatoms. The number of nitrogens with zero attached hydrogens (tertiary/aromatic N) is 1. The topological polar surface area (TPSA) is 38.9 Å². The highest BCUT2D eigenvalue weighted by atomic mass is 35.5. The molecule has 14 heavy (non-hydrogen) atoms. The second-order valence-corrected chi connectivity index (χ2v) is 3.09. The van der Waals surface area contributed by atoms with Crippen molar-refractivity contribution in [3.05, 3.63) is 28.5 Å². The molecule has 2 nitrogen and oxygen atoms in total. The number of alkyl halides is 3. The van der Waals surface area contributed by atoms with E-state index in [2.05, 4.69) is 4.98 Å². The SMILES string of the molecule is NCCc1cnc(Cl)cc1C(F)(F)F. The molecule has 0 saturated heterocycles. The molecule has 0 spiro atoms. The van der Waals surface area contributed by atoms with Gasteiger partial charge in [0.2, 0.25) is 0 Å². The minimum atomic E-state index is -4.41. The van der Waals surface area contributed by atoms with Crippen molar-refractivity contribution in [2.75, 3.05) is 6.54 Å². The summed E-state index contributed by atoms with van der Waals surface area (Å²) in [5, 5.41) is -0.168. The van der Waals surface area contributed by atoms with Crippen LogP contribution in [0.25, 0.3) is 0 Å². The zero-order chi connectivity index (χ0) is 10.8. The highest BCUT2D eigenvalue weighted by molar-refractivity contribution is 6.29. The maximum Gasteiger partial charge on any atom is 0.416 e. The molecule has 0 unspecified atom stereocenters. The predicted molar refractivity (Wildman–Crippen MR) is 47.0 cm³/mol. The van der Waals surface area contributed by atoms with Gasteiger partial charge < -0.3 is 5.73 Å². The van der Waals surface area contributed by atoms with Gasteiger partial charge in [0, 0.05) is 6.20 Å².